The Labute approximate surface area is 88.0 Å². The summed E-state index contributed by atoms with van der Waals surface area (Å²) in [5, 5.41) is 17.9. The van der Waals surface area contributed by atoms with Gasteiger partial charge in [-0.15, -0.1) is 0 Å². The molecule has 5 heteroatoms. The lowest BCUT2D eigenvalue weighted by Crippen LogP contribution is -2.36. The van der Waals surface area contributed by atoms with Gasteiger partial charge in [-0.3, -0.25) is 9.59 Å². The van der Waals surface area contributed by atoms with Gasteiger partial charge >= 0.3 is 11.9 Å². The van der Waals surface area contributed by atoms with Crippen molar-refractivity contribution in [2.24, 2.45) is 5.92 Å². The van der Waals surface area contributed by atoms with Crippen LogP contribution in [0.3, 0.4) is 0 Å². The zero-order valence-electron chi connectivity index (χ0n) is 8.52. The Balaban J connectivity index is 2.23. The van der Waals surface area contributed by atoms with Crippen LogP contribution in [-0.2, 0) is 14.3 Å². The predicted octanol–water partition coefficient (Wildman–Crippen LogP) is 0.555. The third-order valence-corrected chi connectivity index (χ3v) is 2.58. The number of unbranched alkanes of at least 4 members (excludes halogenated alkanes) is 1. The van der Waals surface area contributed by atoms with Gasteiger partial charge in [-0.05, 0) is 12.8 Å². The van der Waals surface area contributed by atoms with E-state index in [0.29, 0.717) is 25.7 Å². The number of aliphatic carboxylic acids is 1. The first kappa shape index (κ1) is 12.0. The van der Waals surface area contributed by atoms with E-state index in [-0.39, 0.29) is 19.0 Å². The molecule has 2 atom stereocenters. The highest BCUT2D eigenvalue weighted by Crippen LogP contribution is 2.22. The summed E-state index contributed by atoms with van der Waals surface area (Å²) in [6.45, 7) is 0.283. The van der Waals surface area contributed by atoms with Crippen molar-refractivity contribution in [3.8, 4) is 0 Å². The van der Waals surface area contributed by atoms with E-state index in [4.69, 9.17) is 9.84 Å². The molecule has 0 bridgehead atoms. The minimum Gasteiger partial charge on any atom is -0.481 e. The number of rotatable bonds is 5. The Morgan fingerprint density at radius 2 is 2.20 bits per heavy atom. The maximum absolute atomic E-state index is 11.2. The van der Waals surface area contributed by atoms with Gasteiger partial charge in [0.05, 0.1) is 18.6 Å². The monoisotopic (exact) mass is 216 g/mol. The summed E-state index contributed by atoms with van der Waals surface area (Å²) >= 11 is 0. The highest BCUT2D eigenvalue weighted by Gasteiger charge is 2.31. The summed E-state index contributed by atoms with van der Waals surface area (Å²) in [5.41, 5.74) is 0. The van der Waals surface area contributed by atoms with Crippen LogP contribution in [0.2, 0.25) is 0 Å². The first-order valence-electron chi connectivity index (χ1n) is 5.17. The van der Waals surface area contributed by atoms with Crippen molar-refractivity contribution in [3.63, 3.8) is 0 Å². The number of aliphatic hydroxyl groups is 1. The van der Waals surface area contributed by atoms with Crippen molar-refractivity contribution in [2.45, 2.75) is 38.2 Å². The van der Waals surface area contributed by atoms with Gasteiger partial charge in [0.15, 0.2) is 0 Å². The zero-order valence-corrected chi connectivity index (χ0v) is 8.52. The number of aliphatic hydroxyl groups excluding tert-OH is 1. The first-order chi connectivity index (χ1) is 7.11. The second-order valence-corrected chi connectivity index (χ2v) is 3.77. The molecule has 2 N–H and O–H groups in total. The minimum atomic E-state index is -0.832. The van der Waals surface area contributed by atoms with E-state index in [1.165, 1.54) is 0 Å². The molecule has 86 valence electrons. The molecule has 0 radical (unpaired) electrons. The maximum Gasteiger partial charge on any atom is 0.311 e. The summed E-state index contributed by atoms with van der Waals surface area (Å²) in [4.78, 5) is 21.5. The number of hydrogen-bond donors (Lipinski definition) is 2. The molecule has 0 aromatic carbocycles. The molecule has 5 nitrogen and oxygen atoms in total. The molecule has 0 aliphatic carbocycles. The summed E-state index contributed by atoms with van der Waals surface area (Å²) in [6.07, 6.45) is 1.63. The Hall–Kier alpha value is -1.10. The number of carbonyl (C=O) groups is 2. The van der Waals surface area contributed by atoms with Crippen LogP contribution in [0.4, 0.5) is 0 Å². The summed E-state index contributed by atoms with van der Waals surface area (Å²) < 4.78 is 4.82. The number of ether oxygens (including phenoxy) is 1. The fourth-order valence-corrected chi connectivity index (χ4v) is 1.70. The molecule has 0 aromatic heterocycles. The minimum absolute atomic E-state index is 0.109. The topological polar surface area (TPSA) is 83.8 Å². The lowest BCUT2D eigenvalue weighted by Gasteiger charge is -2.26. The molecule has 0 saturated carbocycles. The largest absolute Gasteiger partial charge is 0.481 e. The number of hydrogen-bond acceptors (Lipinski definition) is 4. The summed E-state index contributed by atoms with van der Waals surface area (Å²) in [5.74, 6) is -1.65. The van der Waals surface area contributed by atoms with Crippen molar-refractivity contribution in [1.82, 2.24) is 0 Å². The molecule has 0 amide bonds. The molecule has 1 aliphatic heterocycles. The van der Waals surface area contributed by atoms with Gasteiger partial charge in [0.2, 0.25) is 0 Å². The van der Waals surface area contributed by atoms with Crippen LogP contribution in [0.1, 0.15) is 32.1 Å². The van der Waals surface area contributed by atoms with Gasteiger partial charge in [-0.1, -0.05) is 6.42 Å². The molecule has 1 rings (SSSR count). The van der Waals surface area contributed by atoms with Gasteiger partial charge in [0, 0.05) is 12.8 Å². The average molecular weight is 216 g/mol. The van der Waals surface area contributed by atoms with Crippen molar-refractivity contribution >= 4 is 11.9 Å². The normalized spacial score (nSPS) is 26.1. The van der Waals surface area contributed by atoms with Crippen molar-refractivity contribution in [1.29, 1.82) is 0 Å². The molecule has 0 aromatic rings. The Morgan fingerprint density at radius 1 is 1.47 bits per heavy atom. The van der Waals surface area contributed by atoms with Crippen LogP contribution in [-0.4, -0.2) is 34.9 Å². The molecule has 1 fully saturated rings. The van der Waals surface area contributed by atoms with Gasteiger partial charge in [-0.2, -0.15) is 0 Å². The van der Waals surface area contributed by atoms with E-state index < -0.39 is 18.0 Å². The average Bonchev–Trinajstić information content (AvgIpc) is 2.15. The van der Waals surface area contributed by atoms with E-state index in [2.05, 4.69) is 0 Å². The van der Waals surface area contributed by atoms with Gasteiger partial charge in [-0.25, -0.2) is 0 Å². The van der Waals surface area contributed by atoms with Crippen LogP contribution < -0.4 is 0 Å². The molecule has 0 spiro atoms. The Bertz CT molecular complexity index is 238. The van der Waals surface area contributed by atoms with Crippen LogP contribution in [0.25, 0.3) is 0 Å². The van der Waals surface area contributed by atoms with Gasteiger partial charge in [0.25, 0.3) is 0 Å². The molecular formula is C10H16O5. The van der Waals surface area contributed by atoms with Gasteiger partial charge < -0.3 is 14.9 Å². The van der Waals surface area contributed by atoms with E-state index in [1.807, 2.05) is 0 Å². The molecule has 1 aliphatic rings. The number of carboxylic acids is 1. The third-order valence-electron chi connectivity index (χ3n) is 2.58. The molecule has 1 saturated heterocycles. The smallest absolute Gasteiger partial charge is 0.311 e. The van der Waals surface area contributed by atoms with Crippen LogP contribution in [0.15, 0.2) is 0 Å². The zero-order chi connectivity index (χ0) is 11.3. The SMILES string of the molecule is O=C(O)CCCCC1C(=O)OCCC1O. The van der Waals surface area contributed by atoms with E-state index >= 15 is 0 Å². The van der Waals surface area contributed by atoms with Crippen molar-refractivity contribution < 1.29 is 24.5 Å². The standard InChI is InChI=1S/C10H16O5/c11-8-5-6-15-10(14)7(8)3-1-2-4-9(12)13/h7-8,11H,1-6H2,(H,12,13). The summed E-state index contributed by atoms with van der Waals surface area (Å²) in [7, 11) is 0. The summed E-state index contributed by atoms with van der Waals surface area (Å²) in [6, 6.07) is 0. The Morgan fingerprint density at radius 3 is 2.80 bits per heavy atom. The highest BCUT2D eigenvalue weighted by atomic mass is 16.5. The Kier molecular flexibility index (Phi) is 4.55. The molecule has 15 heavy (non-hydrogen) atoms. The molecule has 2 unspecified atom stereocenters. The number of carboxylic acid groups (broad SMARTS) is 1. The lowest BCUT2D eigenvalue weighted by molar-refractivity contribution is -0.161. The maximum atomic E-state index is 11.2. The van der Waals surface area contributed by atoms with E-state index in [0.717, 1.165) is 0 Å². The molecular weight excluding hydrogens is 200 g/mol. The second-order valence-electron chi connectivity index (χ2n) is 3.77. The van der Waals surface area contributed by atoms with Crippen molar-refractivity contribution in [2.75, 3.05) is 6.61 Å². The third kappa shape index (κ3) is 3.87. The van der Waals surface area contributed by atoms with Crippen LogP contribution in [0, 0.1) is 5.92 Å². The highest BCUT2D eigenvalue weighted by molar-refractivity contribution is 5.73. The molecule has 1 heterocycles. The van der Waals surface area contributed by atoms with E-state index in [1.54, 1.807) is 0 Å². The lowest BCUT2D eigenvalue weighted by atomic mass is 9.92. The second kappa shape index (κ2) is 5.70. The fourth-order valence-electron chi connectivity index (χ4n) is 1.70. The number of esters is 1. The number of carbonyl (C=O) groups excluding carboxylic acids is 1. The quantitative estimate of drug-likeness (QED) is 0.518. The van der Waals surface area contributed by atoms with Crippen LogP contribution in [0.5, 0.6) is 0 Å². The first-order valence-corrected chi connectivity index (χ1v) is 5.17. The van der Waals surface area contributed by atoms with Crippen LogP contribution >= 0.6 is 0 Å². The predicted molar refractivity (Wildman–Crippen MR) is 51.2 cm³/mol. The fraction of sp³-hybridized carbons (Fsp3) is 0.800. The van der Waals surface area contributed by atoms with E-state index in [9.17, 15) is 14.7 Å². The van der Waals surface area contributed by atoms with Crippen molar-refractivity contribution in [3.05, 3.63) is 0 Å². The van der Waals surface area contributed by atoms with Gasteiger partial charge in [0.1, 0.15) is 0 Å². The number of cyclic esters (lactones) is 1.